The molecule has 0 spiro atoms. The van der Waals surface area contributed by atoms with E-state index in [1.54, 1.807) is 18.2 Å². The van der Waals surface area contributed by atoms with Gasteiger partial charge in [0.15, 0.2) is 0 Å². The maximum absolute atomic E-state index is 13.9. The number of hydrogen-bond acceptors (Lipinski definition) is 3. The van der Waals surface area contributed by atoms with Gasteiger partial charge in [-0.3, -0.25) is 5.41 Å². The lowest BCUT2D eigenvalue weighted by Gasteiger charge is -2.11. The van der Waals surface area contributed by atoms with Crippen molar-refractivity contribution in [1.29, 1.82) is 5.41 Å². The van der Waals surface area contributed by atoms with Crippen molar-refractivity contribution in [3.63, 3.8) is 0 Å². The minimum absolute atomic E-state index is 0.107. The number of benzene rings is 2. The van der Waals surface area contributed by atoms with Crippen molar-refractivity contribution in [2.75, 3.05) is 0 Å². The highest BCUT2D eigenvalue weighted by Gasteiger charge is 2.25. The molecule has 0 heterocycles. The Labute approximate surface area is 130 Å². The van der Waals surface area contributed by atoms with E-state index in [9.17, 15) is 19.4 Å². The maximum Gasteiger partial charge on any atom is 0.341 e. The van der Waals surface area contributed by atoms with Crippen LogP contribution in [0.2, 0.25) is 5.02 Å². The third-order valence-corrected chi connectivity index (χ3v) is 3.28. The average molecular weight is 320 g/mol. The maximum atomic E-state index is 13.9. The molecule has 22 heavy (non-hydrogen) atoms. The smallest absolute Gasteiger partial charge is 0.341 e. The third kappa shape index (κ3) is 2.99. The van der Waals surface area contributed by atoms with E-state index in [-0.39, 0.29) is 16.1 Å². The van der Waals surface area contributed by atoms with Crippen LogP contribution in [0.5, 0.6) is 0 Å². The Morgan fingerprint density at radius 2 is 1.68 bits per heavy atom. The molecule has 4 nitrogen and oxygen atoms in total. The molecule has 6 heteroatoms. The van der Waals surface area contributed by atoms with Gasteiger partial charge in [0.1, 0.15) is 17.1 Å². The number of carbonyl (C=O) groups is 1. The quantitative estimate of drug-likeness (QED) is 0.454. The first-order chi connectivity index (χ1) is 10.4. The van der Waals surface area contributed by atoms with Crippen LogP contribution in [-0.4, -0.2) is 21.9 Å². The summed E-state index contributed by atoms with van der Waals surface area (Å²) in [7, 11) is 0. The van der Waals surface area contributed by atoms with E-state index in [0.29, 0.717) is 0 Å². The lowest BCUT2D eigenvalue weighted by molar-refractivity contribution is -0.132. The number of carboxylic acids is 1. The Kier molecular flexibility index (Phi) is 4.58. The third-order valence-electron chi connectivity index (χ3n) is 2.96. The van der Waals surface area contributed by atoms with Crippen LogP contribution < -0.4 is 0 Å². The van der Waals surface area contributed by atoms with Crippen LogP contribution in [0.3, 0.4) is 0 Å². The zero-order chi connectivity index (χ0) is 16.3. The molecule has 2 aromatic carbocycles. The summed E-state index contributed by atoms with van der Waals surface area (Å²) in [5.74, 6) is -3.01. The van der Waals surface area contributed by atoms with E-state index in [4.69, 9.17) is 17.0 Å². The monoisotopic (exact) mass is 319 g/mol. The summed E-state index contributed by atoms with van der Waals surface area (Å²) in [5, 5.41) is 27.3. The number of aliphatic hydroxyl groups is 1. The first-order valence-electron chi connectivity index (χ1n) is 6.18. The molecule has 0 saturated heterocycles. The fourth-order valence-corrected chi connectivity index (χ4v) is 2.19. The van der Waals surface area contributed by atoms with E-state index in [0.717, 1.165) is 6.07 Å². The molecule has 0 bridgehead atoms. The molecule has 0 aliphatic carbocycles. The normalized spacial score (nSPS) is 11.7. The molecular formula is C16H11ClFNO3. The van der Waals surface area contributed by atoms with Crippen molar-refractivity contribution in [3.05, 3.63) is 76.1 Å². The Hall–Kier alpha value is -2.66. The van der Waals surface area contributed by atoms with E-state index >= 15 is 0 Å². The summed E-state index contributed by atoms with van der Waals surface area (Å²) in [6.45, 7) is 0. The predicted octanol–water partition coefficient (Wildman–Crippen LogP) is 3.90. The van der Waals surface area contributed by atoms with Gasteiger partial charge in [0.05, 0.1) is 16.3 Å². The van der Waals surface area contributed by atoms with Crippen LogP contribution in [0.1, 0.15) is 11.1 Å². The Balaban J connectivity index is 2.63. The topological polar surface area (TPSA) is 81.4 Å². The predicted molar refractivity (Wildman–Crippen MR) is 81.9 cm³/mol. The second-order valence-corrected chi connectivity index (χ2v) is 4.77. The fraction of sp³-hybridized carbons (Fsp3) is 0. The highest BCUT2D eigenvalue weighted by Crippen LogP contribution is 2.25. The van der Waals surface area contributed by atoms with E-state index < -0.39 is 28.8 Å². The van der Waals surface area contributed by atoms with Gasteiger partial charge in [-0.05, 0) is 12.1 Å². The zero-order valence-electron chi connectivity index (χ0n) is 11.2. The average Bonchev–Trinajstić information content (AvgIpc) is 2.47. The Morgan fingerprint density at radius 1 is 1.05 bits per heavy atom. The first-order valence-corrected chi connectivity index (χ1v) is 6.56. The zero-order valence-corrected chi connectivity index (χ0v) is 11.9. The molecule has 0 amide bonds. The number of carboxylic acid groups (broad SMARTS) is 1. The Morgan fingerprint density at radius 3 is 2.23 bits per heavy atom. The molecule has 0 atom stereocenters. The van der Waals surface area contributed by atoms with Crippen molar-refractivity contribution >= 4 is 29.0 Å². The largest absolute Gasteiger partial charge is 0.506 e. The van der Waals surface area contributed by atoms with Crippen LogP contribution in [0.25, 0.3) is 5.76 Å². The number of hydrogen-bond donors (Lipinski definition) is 3. The van der Waals surface area contributed by atoms with Crippen molar-refractivity contribution in [2.45, 2.75) is 0 Å². The number of nitrogens with one attached hydrogen (secondary N) is 1. The van der Waals surface area contributed by atoms with E-state index in [1.165, 1.54) is 24.3 Å². The summed E-state index contributed by atoms with van der Waals surface area (Å²) in [6.07, 6.45) is 0. The standard InChI is InChI=1S/C16H11ClFNO3/c17-10-7-4-8-11(18)12(10)14(19)13(16(21)22)15(20)9-5-2-1-3-6-9/h1-8,19-20H,(H,21,22)/b15-13+,19-14?. The van der Waals surface area contributed by atoms with Crippen molar-refractivity contribution in [2.24, 2.45) is 0 Å². The molecule has 0 unspecified atom stereocenters. The highest BCUT2D eigenvalue weighted by atomic mass is 35.5. The van der Waals surface area contributed by atoms with Crippen LogP contribution in [-0.2, 0) is 4.79 Å². The van der Waals surface area contributed by atoms with E-state index in [2.05, 4.69) is 0 Å². The minimum atomic E-state index is -1.55. The van der Waals surface area contributed by atoms with Gasteiger partial charge in [0.25, 0.3) is 0 Å². The summed E-state index contributed by atoms with van der Waals surface area (Å²) < 4.78 is 13.9. The van der Waals surface area contributed by atoms with Gasteiger partial charge in [0.2, 0.25) is 0 Å². The molecule has 112 valence electrons. The molecular weight excluding hydrogens is 309 g/mol. The van der Waals surface area contributed by atoms with Crippen LogP contribution in [0, 0.1) is 11.2 Å². The molecule has 2 aromatic rings. The van der Waals surface area contributed by atoms with E-state index in [1.807, 2.05) is 0 Å². The molecule has 0 aliphatic heterocycles. The van der Waals surface area contributed by atoms with Crippen molar-refractivity contribution in [1.82, 2.24) is 0 Å². The van der Waals surface area contributed by atoms with Gasteiger partial charge in [-0.25, -0.2) is 9.18 Å². The molecule has 0 aromatic heterocycles. The van der Waals surface area contributed by atoms with Gasteiger partial charge in [-0.2, -0.15) is 0 Å². The van der Waals surface area contributed by atoms with Gasteiger partial charge < -0.3 is 10.2 Å². The minimum Gasteiger partial charge on any atom is -0.506 e. The number of rotatable bonds is 4. The number of aliphatic carboxylic acids is 1. The molecule has 0 radical (unpaired) electrons. The summed E-state index contributed by atoms with van der Waals surface area (Å²) in [6, 6.07) is 11.6. The first kappa shape index (κ1) is 15.7. The van der Waals surface area contributed by atoms with Crippen LogP contribution in [0.15, 0.2) is 54.1 Å². The summed E-state index contributed by atoms with van der Waals surface area (Å²) in [4.78, 5) is 11.4. The number of halogens is 2. The number of aliphatic hydroxyl groups excluding tert-OH is 1. The van der Waals surface area contributed by atoms with Gasteiger partial charge >= 0.3 is 5.97 Å². The lowest BCUT2D eigenvalue weighted by Crippen LogP contribution is -2.17. The molecule has 3 N–H and O–H groups in total. The second kappa shape index (κ2) is 6.41. The molecule has 2 rings (SSSR count). The Bertz CT molecular complexity index is 752. The SMILES string of the molecule is N=C(/C(C(=O)O)=C(\O)c1ccccc1)c1c(F)cccc1Cl. The fourth-order valence-electron chi connectivity index (χ4n) is 1.93. The molecule has 0 fully saturated rings. The van der Waals surface area contributed by atoms with Crippen molar-refractivity contribution in [3.8, 4) is 0 Å². The van der Waals surface area contributed by atoms with Gasteiger partial charge in [-0.15, -0.1) is 0 Å². The lowest BCUT2D eigenvalue weighted by atomic mass is 9.98. The van der Waals surface area contributed by atoms with Crippen LogP contribution >= 0.6 is 11.6 Å². The summed E-state index contributed by atoms with van der Waals surface area (Å²) in [5.41, 5.74) is -1.59. The van der Waals surface area contributed by atoms with Crippen LogP contribution in [0.4, 0.5) is 4.39 Å². The molecule has 0 aliphatic rings. The second-order valence-electron chi connectivity index (χ2n) is 4.37. The highest BCUT2D eigenvalue weighted by molar-refractivity contribution is 6.38. The van der Waals surface area contributed by atoms with Gasteiger partial charge in [0, 0.05) is 5.56 Å². The summed E-state index contributed by atoms with van der Waals surface area (Å²) >= 11 is 5.85. The van der Waals surface area contributed by atoms with Crippen molar-refractivity contribution < 1.29 is 19.4 Å². The molecule has 0 saturated carbocycles. The van der Waals surface area contributed by atoms with Gasteiger partial charge in [-0.1, -0.05) is 48.0 Å².